The van der Waals surface area contributed by atoms with Gasteiger partial charge in [-0.2, -0.15) is 0 Å². The molecule has 2 heterocycles. The van der Waals surface area contributed by atoms with Crippen LogP contribution in [0.15, 0.2) is 0 Å². The molecule has 2 saturated heterocycles. The van der Waals surface area contributed by atoms with Crippen molar-refractivity contribution in [1.29, 1.82) is 0 Å². The van der Waals surface area contributed by atoms with Crippen molar-refractivity contribution in [3.05, 3.63) is 0 Å². The molecule has 146 valence electrons. The van der Waals surface area contributed by atoms with Crippen molar-refractivity contribution in [2.45, 2.75) is 75.2 Å². The Kier molecular flexibility index (Phi) is 6.70. The van der Waals surface area contributed by atoms with Gasteiger partial charge >= 0.3 is 0 Å². The average molecular weight is 367 g/mol. The van der Waals surface area contributed by atoms with Crippen LogP contribution in [-0.4, -0.2) is 105 Å². The lowest BCUT2D eigenvalue weighted by molar-refractivity contribution is -0.341. The van der Waals surface area contributed by atoms with Crippen LogP contribution in [-0.2, 0) is 19.0 Å². The molecule has 0 radical (unpaired) electrons. The molecule has 2 fully saturated rings. The predicted molar refractivity (Wildman–Crippen MR) is 78.8 cm³/mol. The lowest BCUT2D eigenvalue weighted by Gasteiger charge is -2.46. The van der Waals surface area contributed by atoms with Crippen LogP contribution in [0.1, 0.15) is 13.8 Å². The first-order valence-corrected chi connectivity index (χ1v) is 7.92. The number of hydrogen-bond donors (Lipinski definition) is 7. The Morgan fingerprint density at radius 2 is 1.68 bits per heavy atom. The summed E-state index contributed by atoms with van der Waals surface area (Å²) in [6.07, 6.45) is -12.3. The zero-order chi connectivity index (χ0) is 18.9. The highest BCUT2D eigenvalue weighted by atomic mass is 16.7. The van der Waals surface area contributed by atoms with Gasteiger partial charge in [0.25, 0.3) is 0 Å². The van der Waals surface area contributed by atoms with E-state index in [4.69, 9.17) is 14.2 Å². The Morgan fingerprint density at radius 3 is 2.24 bits per heavy atom. The number of aliphatic hydroxyl groups excluding tert-OH is 6. The molecule has 11 nitrogen and oxygen atoms in total. The second-order valence-electron chi connectivity index (χ2n) is 6.25. The third kappa shape index (κ3) is 4.27. The van der Waals surface area contributed by atoms with Crippen LogP contribution in [0.3, 0.4) is 0 Å². The van der Waals surface area contributed by atoms with Gasteiger partial charge in [-0.1, -0.05) is 0 Å². The maximum Gasteiger partial charge on any atom is 0.217 e. The Morgan fingerprint density at radius 1 is 1.04 bits per heavy atom. The molecule has 0 saturated carbocycles. The zero-order valence-electron chi connectivity index (χ0n) is 13.8. The summed E-state index contributed by atoms with van der Waals surface area (Å²) in [7, 11) is 0. The molecule has 0 aromatic rings. The van der Waals surface area contributed by atoms with Crippen molar-refractivity contribution in [3.8, 4) is 0 Å². The van der Waals surface area contributed by atoms with Crippen molar-refractivity contribution in [1.82, 2.24) is 5.32 Å². The molecule has 11 heteroatoms. The zero-order valence-corrected chi connectivity index (χ0v) is 13.8. The van der Waals surface area contributed by atoms with Gasteiger partial charge in [0, 0.05) is 6.92 Å². The molecule has 2 rings (SSSR count). The Labute approximate surface area is 143 Å². The van der Waals surface area contributed by atoms with Gasteiger partial charge in [-0.15, -0.1) is 0 Å². The van der Waals surface area contributed by atoms with Gasteiger partial charge in [-0.25, -0.2) is 0 Å². The third-order valence-corrected chi connectivity index (χ3v) is 4.34. The molecule has 7 N–H and O–H groups in total. The minimum absolute atomic E-state index is 0.533. The highest BCUT2D eigenvalue weighted by Gasteiger charge is 2.50. The number of carbonyl (C=O) groups is 1. The molecule has 10 atom stereocenters. The second kappa shape index (κ2) is 8.20. The largest absolute Gasteiger partial charge is 0.394 e. The lowest BCUT2D eigenvalue weighted by Crippen LogP contribution is -2.66. The standard InChI is InChI=1S/C14H25NO10/c1-4-8(18)10(20)11(21)14(23-4)25-12-6(3-16)24-13(22)7(9(12)19)15-5(2)17/h4,6-14,16,18-22H,3H2,1-2H3,(H,15,17)/t4-,6+,7+,8-,9+,10+,11+,12+,13-,14+/m0/s1. The number of amides is 1. The van der Waals surface area contributed by atoms with Crippen LogP contribution >= 0.6 is 0 Å². The Hall–Kier alpha value is -0.890. The first-order valence-electron chi connectivity index (χ1n) is 7.92. The molecule has 0 unspecified atom stereocenters. The van der Waals surface area contributed by atoms with Crippen molar-refractivity contribution in [3.63, 3.8) is 0 Å². The van der Waals surface area contributed by atoms with Crippen molar-refractivity contribution in [2.24, 2.45) is 0 Å². The predicted octanol–water partition coefficient (Wildman–Crippen LogP) is -4.23. The fraction of sp³-hybridized carbons (Fsp3) is 0.929. The molecule has 25 heavy (non-hydrogen) atoms. The molecule has 0 bridgehead atoms. The van der Waals surface area contributed by atoms with E-state index in [1.807, 2.05) is 0 Å². The summed E-state index contributed by atoms with van der Waals surface area (Å²) in [5, 5.41) is 61.5. The van der Waals surface area contributed by atoms with Gasteiger partial charge in [0.15, 0.2) is 12.6 Å². The summed E-state index contributed by atoms with van der Waals surface area (Å²) in [5.41, 5.74) is 0. The maximum absolute atomic E-state index is 11.2. The van der Waals surface area contributed by atoms with Gasteiger partial charge in [-0.3, -0.25) is 4.79 Å². The van der Waals surface area contributed by atoms with E-state index in [1.54, 1.807) is 0 Å². The number of hydrogen-bond acceptors (Lipinski definition) is 10. The first kappa shape index (κ1) is 20.4. The summed E-state index contributed by atoms with van der Waals surface area (Å²) in [6, 6.07) is -1.24. The van der Waals surface area contributed by atoms with E-state index in [0.717, 1.165) is 0 Å². The molecule has 0 aliphatic carbocycles. The quantitative estimate of drug-likeness (QED) is 0.257. The smallest absolute Gasteiger partial charge is 0.217 e. The van der Waals surface area contributed by atoms with E-state index in [1.165, 1.54) is 13.8 Å². The van der Waals surface area contributed by atoms with Crippen molar-refractivity contribution >= 4 is 5.91 Å². The third-order valence-electron chi connectivity index (χ3n) is 4.34. The number of nitrogens with one attached hydrogen (secondary N) is 1. The van der Waals surface area contributed by atoms with E-state index in [-0.39, 0.29) is 0 Å². The van der Waals surface area contributed by atoms with Gasteiger partial charge in [0.05, 0.1) is 12.7 Å². The van der Waals surface area contributed by atoms with E-state index < -0.39 is 73.9 Å². The van der Waals surface area contributed by atoms with Gasteiger partial charge < -0.3 is 50.2 Å². The van der Waals surface area contributed by atoms with Crippen molar-refractivity contribution in [2.75, 3.05) is 6.61 Å². The number of rotatable bonds is 4. The Bertz CT molecular complexity index is 465. The summed E-state index contributed by atoms with van der Waals surface area (Å²) >= 11 is 0. The normalized spacial score (nSPS) is 48.2. The van der Waals surface area contributed by atoms with Crippen LogP contribution in [0.2, 0.25) is 0 Å². The average Bonchev–Trinajstić information content (AvgIpc) is 2.56. The monoisotopic (exact) mass is 367 g/mol. The highest BCUT2D eigenvalue weighted by molar-refractivity contribution is 5.73. The topological polar surface area (TPSA) is 178 Å². The number of aliphatic hydroxyl groups is 6. The van der Waals surface area contributed by atoms with Gasteiger partial charge in [-0.05, 0) is 6.92 Å². The fourth-order valence-corrected chi connectivity index (χ4v) is 2.92. The van der Waals surface area contributed by atoms with Crippen LogP contribution in [0, 0.1) is 0 Å². The minimum atomic E-state index is -1.62. The second-order valence-corrected chi connectivity index (χ2v) is 6.25. The molecular formula is C14H25NO10. The summed E-state index contributed by atoms with van der Waals surface area (Å²) in [5.74, 6) is -0.533. The van der Waals surface area contributed by atoms with E-state index in [0.29, 0.717) is 0 Å². The SMILES string of the molecule is CC(=O)N[C@@H]1[C@@H](O)[C@H](O[C@H]2O[C@@H](C)[C@H](O)[C@@H](O)[C@H]2O)[C@@H](CO)O[C@@H]1O. The first-order chi connectivity index (χ1) is 11.7. The van der Waals surface area contributed by atoms with E-state index in [2.05, 4.69) is 5.32 Å². The fourth-order valence-electron chi connectivity index (χ4n) is 2.92. The highest BCUT2D eigenvalue weighted by Crippen LogP contribution is 2.28. The molecule has 2 aliphatic rings. The number of carbonyl (C=O) groups excluding carboxylic acids is 1. The lowest BCUT2D eigenvalue weighted by atomic mass is 9.95. The molecule has 0 aromatic heterocycles. The summed E-state index contributed by atoms with van der Waals surface area (Å²) < 4.78 is 15.9. The molecule has 0 aromatic carbocycles. The van der Waals surface area contributed by atoms with Crippen LogP contribution in [0.4, 0.5) is 0 Å². The summed E-state index contributed by atoms with van der Waals surface area (Å²) in [6.45, 7) is 2.01. The molecule has 1 amide bonds. The van der Waals surface area contributed by atoms with Gasteiger partial charge in [0.1, 0.15) is 42.7 Å². The van der Waals surface area contributed by atoms with Gasteiger partial charge in [0.2, 0.25) is 5.91 Å². The summed E-state index contributed by atoms with van der Waals surface area (Å²) in [4.78, 5) is 11.2. The Balaban J connectivity index is 2.15. The minimum Gasteiger partial charge on any atom is -0.394 e. The van der Waals surface area contributed by atoms with E-state index >= 15 is 0 Å². The molecule has 2 aliphatic heterocycles. The molecular weight excluding hydrogens is 342 g/mol. The van der Waals surface area contributed by atoms with Crippen LogP contribution in [0.5, 0.6) is 0 Å². The van der Waals surface area contributed by atoms with Crippen molar-refractivity contribution < 1.29 is 49.6 Å². The van der Waals surface area contributed by atoms with E-state index in [9.17, 15) is 35.4 Å². The number of ether oxygens (including phenoxy) is 3. The van der Waals surface area contributed by atoms with Crippen LogP contribution in [0.25, 0.3) is 0 Å². The van der Waals surface area contributed by atoms with Crippen LogP contribution < -0.4 is 5.32 Å². The maximum atomic E-state index is 11.2. The molecule has 0 spiro atoms.